The molecule has 0 saturated heterocycles. The zero-order valence-electron chi connectivity index (χ0n) is 21.4. The van der Waals surface area contributed by atoms with Crippen molar-refractivity contribution in [2.24, 2.45) is 0 Å². The van der Waals surface area contributed by atoms with E-state index in [1.165, 1.54) is 4.90 Å². The summed E-state index contributed by atoms with van der Waals surface area (Å²) < 4.78 is 0. The highest BCUT2D eigenvalue weighted by atomic mass is 16.2. The molecule has 2 amide bonds. The number of nitrogens with one attached hydrogen (secondary N) is 1. The van der Waals surface area contributed by atoms with Gasteiger partial charge in [-0.2, -0.15) is 0 Å². The van der Waals surface area contributed by atoms with Gasteiger partial charge < -0.3 is 10.2 Å². The molecular weight excluding hydrogens is 434 g/mol. The molecule has 0 fully saturated rings. The number of carbonyl (C=O) groups is 2. The molecule has 1 heterocycles. The maximum absolute atomic E-state index is 13.8. The number of rotatable bonds is 7. The monoisotopic (exact) mass is 467 g/mol. The molecule has 0 unspecified atom stereocenters. The number of nitrogens with zero attached hydrogens (tertiary/aromatic N) is 2. The molecule has 1 N–H and O–H groups in total. The SMILES string of the molecule is CCN(CC)c1ccc(NC2=C(c3ccc(C)c(C)c3)C(=O)N(c3cc(C)ccc3C)C2=O)cc1. The molecule has 0 saturated carbocycles. The second-order valence-corrected chi connectivity index (χ2v) is 9.13. The molecule has 4 rings (SSSR count). The van der Waals surface area contributed by atoms with Crippen LogP contribution in [-0.4, -0.2) is 24.9 Å². The normalized spacial score (nSPS) is 13.6. The van der Waals surface area contributed by atoms with Crippen molar-refractivity contribution in [3.63, 3.8) is 0 Å². The fourth-order valence-electron chi connectivity index (χ4n) is 4.48. The van der Waals surface area contributed by atoms with E-state index >= 15 is 0 Å². The third kappa shape index (κ3) is 4.59. The van der Waals surface area contributed by atoms with Gasteiger partial charge in [-0.3, -0.25) is 9.59 Å². The zero-order chi connectivity index (χ0) is 25.3. The minimum atomic E-state index is -0.343. The van der Waals surface area contributed by atoms with E-state index in [2.05, 4.69) is 24.1 Å². The first kappa shape index (κ1) is 24.3. The Balaban J connectivity index is 1.80. The van der Waals surface area contributed by atoms with E-state index in [4.69, 9.17) is 0 Å². The highest BCUT2D eigenvalue weighted by molar-refractivity contribution is 6.46. The molecule has 5 heteroatoms. The van der Waals surface area contributed by atoms with Gasteiger partial charge in [-0.05, 0) is 99.7 Å². The molecule has 0 radical (unpaired) electrons. The summed E-state index contributed by atoms with van der Waals surface area (Å²) in [6.07, 6.45) is 0. The van der Waals surface area contributed by atoms with Gasteiger partial charge in [-0.25, -0.2) is 4.90 Å². The predicted molar refractivity (Wildman–Crippen MR) is 145 cm³/mol. The second kappa shape index (κ2) is 9.79. The maximum atomic E-state index is 13.8. The van der Waals surface area contributed by atoms with Crippen LogP contribution in [-0.2, 0) is 9.59 Å². The van der Waals surface area contributed by atoms with Crippen molar-refractivity contribution in [1.29, 1.82) is 0 Å². The summed E-state index contributed by atoms with van der Waals surface area (Å²) in [7, 11) is 0. The molecule has 0 aromatic heterocycles. The molecule has 0 spiro atoms. The molecule has 5 nitrogen and oxygen atoms in total. The van der Waals surface area contributed by atoms with Crippen molar-refractivity contribution in [2.75, 3.05) is 28.2 Å². The third-order valence-corrected chi connectivity index (χ3v) is 6.75. The standard InChI is InChI=1S/C30H33N3O2/c1-7-32(8-2)25-15-13-24(14-16-25)31-28-27(23-12-11-20(4)22(6)18-23)29(34)33(30(28)35)26-17-19(3)9-10-21(26)5/h9-18,31H,7-8H2,1-6H3. The summed E-state index contributed by atoms with van der Waals surface area (Å²) in [5.41, 5.74) is 8.02. The largest absolute Gasteiger partial charge is 0.372 e. The molecule has 1 aliphatic rings. The Hall–Kier alpha value is -3.86. The minimum Gasteiger partial charge on any atom is -0.372 e. The van der Waals surface area contributed by atoms with Gasteiger partial charge >= 0.3 is 0 Å². The number of benzene rings is 3. The van der Waals surface area contributed by atoms with Gasteiger partial charge in [0.05, 0.1) is 11.3 Å². The second-order valence-electron chi connectivity index (χ2n) is 9.13. The van der Waals surface area contributed by atoms with Crippen LogP contribution in [0, 0.1) is 27.7 Å². The van der Waals surface area contributed by atoms with E-state index in [0.29, 0.717) is 17.0 Å². The molecule has 180 valence electrons. The van der Waals surface area contributed by atoms with Crippen molar-refractivity contribution in [1.82, 2.24) is 0 Å². The van der Waals surface area contributed by atoms with Crippen molar-refractivity contribution in [3.8, 4) is 0 Å². The summed E-state index contributed by atoms with van der Waals surface area (Å²) in [5.74, 6) is -0.654. The van der Waals surface area contributed by atoms with Gasteiger partial charge in [0.25, 0.3) is 11.8 Å². The Morgan fingerprint density at radius 2 is 1.40 bits per heavy atom. The number of hydrogen-bond acceptors (Lipinski definition) is 4. The number of carbonyl (C=O) groups excluding carboxylic acids is 2. The van der Waals surface area contributed by atoms with Crippen molar-refractivity contribution in [2.45, 2.75) is 41.5 Å². The van der Waals surface area contributed by atoms with Crippen molar-refractivity contribution < 1.29 is 9.59 Å². The number of aryl methyl sites for hydroxylation is 4. The van der Waals surface area contributed by atoms with Crippen LogP contribution >= 0.6 is 0 Å². The van der Waals surface area contributed by atoms with Crippen LogP contribution < -0.4 is 15.1 Å². The highest BCUT2D eigenvalue weighted by Crippen LogP contribution is 2.36. The minimum absolute atomic E-state index is 0.301. The van der Waals surface area contributed by atoms with Gasteiger partial charge in [0.2, 0.25) is 0 Å². The average molecular weight is 468 g/mol. The van der Waals surface area contributed by atoms with E-state index < -0.39 is 0 Å². The van der Waals surface area contributed by atoms with Crippen LogP contribution in [0.4, 0.5) is 17.1 Å². The van der Waals surface area contributed by atoms with Gasteiger partial charge in [0.15, 0.2) is 0 Å². The van der Waals surface area contributed by atoms with Crippen LogP contribution in [0.5, 0.6) is 0 Å². The summed E-state index contributed by atoms with van der Waals surface area (Å²) in [6.45, 7) is 14.0. The van der Waals surface area contributed by atoms with Crippen molar-refractivity contribution >= 4 is 34.4 Å². The van der Waals surface area contributed by atoms with Gasteiger partial charge in [-0.1, -0.05) is 30.3 Å². The third-order valence-electron chi connectivity index (χ3n) is 6.75. The Morgan fingerprint density at radius 1 is 0.743 bits per heavy atom. The molecular formula is C30H33N3O2. The molecule has 3 aromatic rings. The molecule has 3 aromatic carbocycles. The van der Waals surface area contributed by atoms with Crippen LogP contribution in [0.25, 0.3) is 5.57 Å². The fourth-order valence-corrected chi connectivity index (χ4v) is 4.48. The van der Waals surface area contributed by atoms with E-state index in [9.17, 15) is 9.59 Å². The number of anilines is 3. The summed E-state index contributed by atoms with van der Waals surface area (Å²) in [5, 5.41) is 3.29. The fraction of sp³-hybridized carbons (Fsp3) is 0.267. The molecule has 35 heavy (non-hydrogen) atoms. The average Bonchev–Trinajstić information content (AvgIpc) is 3.08. The van der Waals surface area contributed by atoms with Crippen LogP contribution in [0.3, 0.4) is 0 Å². The van der Waals surface area contributed by atoms with Crippen LogP contribution in [0.2, 0.25) is 0 Å². The molecule has 1 aliphatic heterocycles. The van der Waals surface area contributed by atoms with E-state index in [1.807, 2.05) is 88.4 Å². The molecule has 0 aliphatic carbocycles. The Kier molecular flexibility index (Phi) is 6.79. The van der Waals surface area contributed by atoms with E-state index in [-0.39, 0.29) is 11.8 Å². The summed E-state index contributed by atoms with van der Waals surface area (Å²) in [6, 6.07) is 19.7. The number of imide groups is 1. The smallest absolute Gasteiger partial charge is 0.282 e. The lowest BCUT2D eigenvalue weighted by Crippen LogP contribution is -2.33. The van der Waals surface area contributed by atoms with Gasteiger partial charge in [-0.15, -0.1) is 0 Å². The molecule has 0 atom stereocenters. The summed E-state index contributed by atoms with van der Waals surface area (Å²) in [4.78, 5) is 31.1. The first-order chi connectivity index (χ1) is 16.7. The van der Waals surface area contributed by atoms with Crippen LogP contribution in [0.15, 0.2) is 66.4 Å². The van der Waals surface area contributed by atoms with Gasteiger partial charge in [0, 0.05) is 24.5 Å². The Bertz CT molecular complexity index is 1320. The Labute approximate surface area is 208 Å². The topological polar surface area (TPSA) is 52.7 Å². The molecule has 0 bridgehead atoms. The lowest BCUT2D eigenvalue weighted by Gasteiger charge is -2.21. The Morgan fingerprint density at radius 3 is 2.03 bits per heavy atom. The first-order valence-electron chi connectivity index (χ1n) is 12.1. The zero-order valence-corrected chi connectivity index (χ0v) is 21.4. The van der Waals surface area contributed by atoms with Gasteiger partial charge in [0.1, 0.15) is 5.70 Å². The summed E-state index contributed by atoms with van der Waals surface area (Å²) >= 11 is 0. The quantitative estimate of drug-likeness (QED) is 0.423. The first-order valence-corrected chi connectivity index (χ1v) is 12.1. The lowest BCUT2D eigenvalue weighted by molar-refractivity contribution is -0.120. The predicted octanol–water partition coefficient (Wildman–Crippen LogP) is 6.16. The maximum Gasteiger partial charge on any atom is 0.282 e. The van der Waals surface area contributed by atoms with E-state index in [0.717, 1.165) is 52.3 Å². The number of hydrogen-bond donors (Lipinski definition) is 1. The van der Waals surface area contributed by atoms with Crippen LogP contribution in [0.1, 0.15) is 41.7 Å². The lowest BCUT2D eigenvalue weighted by atomic mass is 9.99. The number of amides is 2. The van der Waals surface area contributed by atoms with Crippen molar-refractivity contribution in [3.05, 3.63) is 94.2 Å². The van der Waals surface area contributed by atoms with E-state index in [1.54, 1.807) is 0 Å². The highest BCUT2D eigenvalue weighted by Gasteiger charge is 2.41.